The lowest BCUT2D eigenvalue weighted by molar-refractivity contribution is -0.383. The fourth-order valence-electron chi connectivity index (χ4n) is 2.58. The van der Waals surface area contributed by atoms with Crippen molar-refractivity contribution in [2.45, 2.75) is 46.1 Å². The van der Waals surface area contributed by atoms with Gasteiger partial charge < -0.3 is 10.2 Å². The number of hydrogen-bond donors (Lipinski definition) is 1. The molecule has 21 heavy (non-hydrogen) atoms. The van der Waals surface area contributed by atoms with Crippen LogP contribution in [0.2, 0.25) is 0 Å². The minimum Gasteiger partial charge on any atom is -0.379 e. The Labute approximate surface area is 126 Å². The van der Waals surface area contributed by atoms with Gasteiger partial charge >= 0.3 is 5.69 Å². The summed E-state index contributed by atoms with van der Waals surface area (Å²) in [5.41, 5.74) is 1.62. The molecule has 0 spiro atoms. The zero-order valence-electron chi connectivity index (χ0n) is 13.1. The van der Waals surface area contributed by atoms with Crippen molar-refractivity contribution in [2.24, 2.45) is 5.92 Å². The van der Waals surface area contributed by atoms with Crippen LogP contribution in [-0.4, -0.2) is 24.1 Å². The fraction of sp³-hybridized carbons (Fsp3) is 0.625. The molecule has 1 aromatic rings. The number of anilines is 2. The van der Waals surface area contributed by atoms with E-state index < -0.39 is 0 Å². The molecule has 1 fully saturated rings. The monoisotopic (exact) mass is 291 g/mol. The van der Waals surface area contributed by atoms with Crippen molar-refractivity contribution in [2.75, 3.05) is 23.3 Å². The van der Waals surface area contributed by atoms with E-state index in [1.165, 1.54) is 0 Å². The van der Waals surface area contributed by atoms with Gasteiger partial charge in [-0.2, -0.15) is 0 Å². The molecule has 0 radical (unpaired) electrons. The van der Waals surface area contributed by atoms with Crippen LogP contribution >= 0.6 is 0 Å². The van der Waals surface area contributed by atoms with Crippen LogP contribution in [0, 0.1) is 16.0 Å². The summed E-state index contributed by atoms with van der Waals surface area (Å²) in [6, 6.07) is 6.07. The molecule has 1 aromatic carbocycles. The summed E-state index contributed by atoms with van der Waals surface area (Å²) >= 11 is 0. The van der Waals surface area contributed by atoms with Gasteiger partial charge in [0.2, 0.25) is 0 Å². The lowest BCUT2D eigenvalue weighted by Crippen LogP contribution is -2.30. The van der Waals surface area contributed by atoms with Crippen molar-refractivity contribution in [1.82, 2.24) is 0 Å². The second-order valence-electron chi connectivity index (χ2n) is 6.13. The summed E-state index contributed by atoms with van der Waals surface area (Å²) in [6.45, 7) is 7.97. The number of benzene rings is 1. The van der Waals surface area contributed by atoms with E-state index in [0.717, 1.165) is 38.0 Å². The summed E-state index contributed by atoms with van der Waals surface area (Å²) in [5, 5.41) is 14.8. The Balaban J connectivity index is 2.38. The summed E-state index contributed by atoms with van der Waals surface area (Å²) in [5.74, 6) is 0.484. The first kappa shape index (κ1) is 15.6. The molecule has 0 unspecified atom stereocenters. The zero-order valence-corrected chi connectivity index (χ0v) is 13.1. The zero-order chi connectivity index (χ0) is 15.4. The molecule has 116 valence electrons. The second-order valence-corrected chi connectivity index (χ2v) is 6.13. The maximum atomic E-state index is 11.6. The highest BCUT2D eigenvalue weighted by molar-refractivity contribution is 5.77. The van der Waals surface area contributed by atoms with E-state index in [2.05, 4.69) is 31.0 Å². The number of nitro benzene ring substituents is 1. The van der Waals surface area contributed by atoms with Gasteiger partial charge in [-0.25, -0.2) is 0 Å². The van der Waals surface area contributed by atoms with Gasteiger partial charge in [0, 0.05) is 19.1 Å². The Morgan fingerprint density at radius 3 is 2.67 bits per heavy atom. The van der Waals surface area contributed by atoms with Gasteiger partial charge in [0.1, 0.15) is 11.4 Å². The Bertz CT molecular complexity index is 498. The molecule has 0 atom stereocenters. The number of hydrogen-bond acceptors (Lipinski definition) is 4. The molecule has 1 aliphatic carbocycles. The number of nitrogens with zero attached hydrogens (tertiary/aromatic N) is 2. The average Bonchev–Trinajstić information content (AvgIpc) is 3.26. The first-order valence-electron chi connectivity index (χ1n) is 7.82. The lowest BCUT2D eigenvalue weighted by Gasteiger charge is -2.27. The van der Waals surface area contributed by atoms with E-state index >= 15 is 0 Å². The minimum absolute atomic E-state index is 0.221. The molecule has 0 heterocycles. The van der Waals surface area contributed by atoms with Gasteiger partial charge in [0.25, 0.3) is 0 Å². The van der Waals surface area contributed by atoms with Crippen molar-refractivity contribution >= 4 is 17.1 Å². The van der Waals surface area contributed by atoms with Gasteiger partial charge in [-0.15, -0.1) is 0 Å². The number of rotatable bonds is 8. The van der Waals surface area contributed by atoms with Gasteiger partial charge in [-0.1, -0.05) is 26.8 Å². The van der Waals surface area contributed by atoms with Crippen LogP contribution in [0.15, 0.2) is 18.2 Å². The van der Waals surface area contributed by atoms with Crippen LogP contribution in [0.3, 0.4) is 0 Å². The Kier molecular flexibility index (Phi) is 5.04. The van der Waals surface area contributed by atoms with Gasteiger partial charge in [-0.3, -0.25) is 10.1 Å². The molecule has 0 bridgehead atoms. The molecule has 0 saturated heterocycles. The first-order valence-corrected chi connectivity index (χ1v) is 7.82. The van der Waals surface area contributed by atoms with Gasteiger partial charge in [-0.05, 0) is 37.3 Å². The third kappa shape index (κ3) is 3.86. The lowest BCUT2D eigenvalue weighted by atomic mass is 10.1. The third-order valence-electron chi connectivity index (χ3n) is 3.62. The van der Waals surface area contributed by atoms with E-state index in [0.29, 0.717) is 17.6 Å². The highest BCUT2D eigenvalue weighted by Gasteiger charge is 2.34. The van der Waals surface area contributed by atoms with Crippen molar-refractivity contribution in [1.29, 1.82) is 0 Å². The molecule has 1 aliphatic rings. The van der Waals surface area contributed by atoms with Crippen LogP contribution in [0.5, 0.6) is 0 Å². The van der Waals surface area contributed by atoms with Crippen molar-refractivity contribution < 1.29 is 4.92 Å². The molecule has 0 amide bonds. The molecular weight excluding hydrogens is 266 g/mol. The standard InChI is InChI=1S/C16H25N3O2/c1-4-10-17-14-6-5-7-15(16(14)19(20)21)18(11-12(2)3)13-8-9-13/h5-7,12-13,17H,4,8-11H2,1-3H3. The molecule has 2 rings (SSSR count). The molecule has 1 N–H and O–H groups in total. The average molecular weight is 291 g/mol. The van der Waals surface area contributed by atoms with E-state index in [1.807, 2.05) is 12.1 Å². The fourth-order valence-corrected chi connectivity index (χ4v) is 2.58. The molecule has 5 heteroatoms. The maximum Gasteiger partial charge on any atom is 0.315 e. The summed E-state index contributed by atoms with van der Waals surface area (Å²) in [6.07, 6.45) is 3.21. The van der Waals surface area contributed by atoms with Crippen molar-refractivity contribution in [3.05, 3.63) is 28.3 Å². The number of nitro groups is 1. The van der Waals surface area contributed by atoms with Crippen LogP contribution < -0.4 is 10.2 Å². The van der Waals surface area contributed by atoms with E-state index in [9.17, 15) is 10.1 Å². The highest BCUT2D eigenvalue weighted by atomic mass is 16.6. The maximum absolute atomic E-state index is 11.6. The molecular formula is C16H25N3O2. The normalized spacial score (nSPS) is 14.3. The van der Waals surface area contributed by atoms with Crippen LogP contribution in [0.25, 0.3) is 0 Å². The number of para-hydroxylation sites is 1. The van der Waals surface area contributed by atoms with E-state index in [4.69, 9.17) is 0 Å². The molecule has 5 nitrogen and oxygen atoms in total. The van der Waals surface area contributed by atoms with Gasteiger partial charge in [0.05, 0.1) is 4.92 Å². The second kappa shape index (κ2) is 6.78. The van der Waals surface area contributed by atoms with Crippen molar-refractivity contribution in [3.63, 3.8) is 0 Å². The summed E-state index contributed by atoms with van der Waals surface area (Å²) < 4.78 is 0. The quantitative estimate of drug-likeness (QED) is 0.580. The Morgan fingerprint density at radius 1 is 1.43 bits per heavy atom. The number of nitrogens with one attached hydrogen (secondary N) is 1. The minimum atomic E-state index is -0.247. The van der Waals surface area contributed by atoms with E-state index in [-0.39, 0.29) is 10.6 Å². The summed E-state index contributed by atoms with van der Waals surface area (Å²) in [7, 11) is 0. The van der Waals surface area contributed by atoms with Crippen LogP contribution in [-0.2, 0) is 0 Å². The third-order valence-corrected chi connectivity index (χ3v) is 3.62. The molecule has 0 aliphatic heterocycles. The van der Waals surface area contributed by atoms with E-state index in [1.54, 1.807) is 6.07 Å². The smallest absolute Gasteiger partial charge is 0.315 e. The molecule has 0 aromatic heterocycles. The van der Waals surface area contributed by atoms with Crippen LogP contribution in [0.1, 0.15) is 40.0 Å². The predicted octanol–water partition coefficient (Wildman–Crippen LogP) is 4.04. The first-order chi connectivity index (χ1) is 10.0. The Hall–Kier alpha value is -1.78. The van der Waals surface area contributed by atoms with Gasteiger partial charge in [0.15, 0.2) is 0 Å². The van der Waals surface area contributed by atoms with Crippen LogP contribution in [0.4, 0.5) is 17.1 Å². The largest absolute Gasteiger partial charge is 0.379 e. The predicted molar refractivity (Wildman–Crippen MR) is 87.1 cm³/mol. The summed E-state index contributed by atoms with van der Waals surface area (Å²) in [4.78, 5) is 13.6. The van der Waals surface area contributed by atoms with Crippen molar-refractivity contribution in [3.8, 4) is 0 Å². The molecule has 1 saturated carbocycles. The Morgan fingerprint density at radius 2 is 2.14 bits per heavy atom. The SMILES string of the molecule is CCCNc1cccc(N(CC(C)C)C2CC2)c1[N+](=O)[O-]. The highest BCUT2D eigenvalue weighted by Crippen LogP contribution is 2.41. The topological polar surface area (TPSA) is 58.4 Å².